The van der Waals surface area contributed by atoms with E-state index < -0.39 is 0 Å². The molecule has 0 radical (unpaired) electrons. The fraction of sp³-hybridized carbons (Fsp3) is 0.625. The molecule has 0 saturated carbocycles. The Labute approximate surface area is 130 Å². The summed E-state index contributed by atoms with van der Waals surface area (Å²) in [5.41, 5.74) is 8.39. The second-order valence-corrected chi connectivity index (χ2v) is 6.50. The van der Waals surface area contributed by atoms with Crippen LogP contribution >= 0.6 is 15.9 Å². The van der Waals surface area contributed by atoms with Crippen molar-refractivity contribution >= 4 is 21.6 Å². The van der Waals surface area contributed by atoms with Crippen molar-refractivity contribution in [2.45, 2.75) is 45.3 Å². The number of nitrogens with two attached hydrogens (primary N) is 1. The normalized spacial score (nSPS) is 20.1. The number of nitrogens with zero attached hydrogens (tertiary/aromatic N) is 1. The fourth-order valence-corrected chi connectivity index (χ4v) is 3.41. The van der Waals surface area contributed by atoms with Crippen molar-refractivity contribution in [2.75, 3.05) is 24.6 Å². The summed E-state index contributed by atoms with van der Waals surface area (Å²) in [4.78, 5) is 2.38. The van der Waals surface area contributed by atoms with Gasteiger partial charge in [0.15, 0.2) is 0 Å². The average molecular weight is 341 g/mol. The molecule has 2 unspecified atom stereocenters. The summed E-state index contributed by atoms with van der Waals surface area (Å²) in [5.74, 6) is 0. The fourth-order valence-electron chi connectivity index (χ4n) is 2.74. The van der Waals surface area contributed by atoms with E-state index in [9.17, 15) is 0 Å². The van der Waals surface area contributed by atoms with Gasteiger partial charge in [0.05, 0.1) is 11.8 Å². The molecule has 0 bridgehead atoms. The van der Waals surface area contributed by atoms with Gasteiger partial charge >= 0.3 is 0 Å². The van der Waals surface area contributed by atoms with Gasteiger partial charge in [-0.05, 0) is 66.7 Å². The SMILES string of the molecule is CCN(CC1CCCO1)c1ccc(CC(C)N)cc1Br. The topological polar surface area (TPSA) is 38.5 Å². The molecule has 3 nitrogen and oxygen atoms in total. The standard InChI is InChI=1S/C16H25BrN2O/c1-3-19(11-14-5-4-8-20-14)16-7-6-13(9-12(2)18)10-15(16)17/h6-7,10,12,14H,3-5,8-9,11,18H2,1-2H3. The van der Waals surface area contributed by atoms with Crippen LogP contribution in [0.25, 0.3) is 0 Å². The zero-order chi connectivity index (χ0) is 14.5. The van der Waals surface area contributed by atoms with E-state index in [1.807, 2.05) is 6.92 Å². The van der Waals surface area contributed by atoms with Gasteiger partial charge in [0.1, 0.15) is 0 Å². The Morgan fingerprint density at radius 1 is 1.50 bits per heavy atom. The molecule has 1 aromatic rings. The molecule has 112 valence electrons. The summed E-state index contributed by atoms with van der Waals surface area (Å²) < 4.78 is 6.90. The lowest BCUT2D eigenvalue weighted by molar-refractivity contribution is 0.115. The molecule has 20 heavy (non-hydrogen) atoms. The van der Waals surface area contributed by atoms with E-state index in [0.717, 1.165) is 30.6 Å². The first kappa shape index (κ1) is 15.8. The number of benzene rings is 1. The number of hydrogen-bond donors (Lipinski definition) is 1. The molecule has 1 aliphatic heterocycles. The highest BCUT2D eigenvalue weighted by atomic mass is 79.9. The maximum atomic E-state index is 5.87. The predicted octanol–water partition coefficient (Wildman–Crippen LogP) is 3.34. The third kappa shape index (κ3) is 4.21. The highest BCUT2D eigenvalue weighted by Gasteiger charge is 2.20. The third-order valence-electron chi connectivity index (χ3n) is 3.74. The lowest BCUT2D eigenvalue weighted by Gasteiger charge is -2.27. The zero-order valence-electron chi connectivity index (χ0n) is 12.4. The maximum absolute atomic E-state index is 5.87. The molecular formula is C16H25BrN2O. The Balaban J connectivity index is 2.08. The highest BCUT2D eigenvalue weighted by Crippen LogP contribution is 2.29. The monoisotopic (exact) mass is 340 g/mol. The summed E-state index contributed by atoms with van der Waals surface area (Å²) in [5, 5.41) is 0. The van der Waals surface area contributed by atoms with E-state index in [1.54, 1.807) is 0 Å². The Hall–Kier alpha value is -0.580. The molecule has 1 fully saturated rings. The molecule has 1 saturated heterocycles. The van der Waals surface area contributed by atoms with Crippen LogP contribution in [0.5, 0.6) is 0 Å². The van der Waals surface area contributed by atoms with Crippen molar-refractivity contribution < 1.29 is 4.74 Å². The molecule has 0 aliphatic carbocycles. The minimum absolute atomic E-state index is 0.196. The molecule has 0 spiro atoms. The predicted molar refractivity (Wildman–Crippen MR) is 88.4 cm³/mol. The second kappa shape index (κ2) is 7.43. The lowest BCUT2D eigenvalue weighted by atomic mass is 10.1. The van der Waals surface area contributed by atoms with Crippen molar-refractivity contribution in [1.82, 2.24) is 0 Å². The number of rotatable bonds is 6. The van der Waals surface area contributed by atoms with Gasteiger partial charge in [0, 0.05) is 30.2 Å². The first-order chi connectivity index (χ1) is 9.60. The van der Waals surface area contributed by atoms with Crippen LogP contribution in [0.2, 0.25) is 0 Å². The minimum Gasteiger partial charge on any atom is -0.376 e. The number of ether oxygens (including phenoxy) is 1. The van der Waals surface area contributed by atoms with Crippen LogP contribution in [-0.4, -0.2) is 31.8 Å². The Morgan fingerprint density at radius 2 is 2.30 bits per heavy atom. The molecule has 1 aromatic carbocycles. The minimum atomic E-state index is 0.196. The van der Waals surface area contributed by atoms with Gasteiger partial charge in [0.25, 0.3) is 0 Å². The molecular weight excluding hydrogens is 316 g/mol. The smallest absolute Gasteiger partial charge is 0.0750 e. The molecule has 2 atom stereocenters. The van der Waals surface area contributed by atoms with Gasteiger partial charge in [-0.1, -0.05) is 6.07 Å². The molecule has 2 rings (SSSR count). The number of halogens is 1. The van der Waals surface area contributed by atoms with Gasteiger partial charge in [-0.3, -0.25) is 0 Å². The van der Waals surface area contributed by atoms with E-state index in [0.29, 0.717) is 6.10 Å². The quantitative estimate of drug-likeness (QED) is 0.862. The van der Waals surface area contributed by atoms with Gasteiger partial charge in [-0.2, -0.15) is 0 Å². The van der Waals surface area contributed by atoms with Gasteiger partial charge in [0.2, 0.25) is 0 Å². The van der Waals surface area contributed by atoms with Crippen LogP contribution in [0.1, 0.15) is 32.3 Å². The van der Waals surface area contributed by atoms with Crippen molar-refractivity contribution in [3.63, 3.8) is 0 Å². The van der Waals surface area contributed by atoms with E-state index >= 15 is 0 Å². The van der Waals surface area contributed by atoms with Gasteiger partial charge in [-0.25, -0.2) is 0 Å². The van der Waals surface area contributed by atoms with Crippen LogP contribution in [-0.2, 0) is 11.2 Å². The largest absolute Gasteiger partial charge is 0.376 e. The van der Waals surface area contributed by atoms with Crippen LogP contribution in [0.4, 0.5) is 5.69 Å². The highest BCUT2D eigenvalue weighted by molar-refractivity contribution is 9.10. The second-order valence-electron chi connectivity index (χ2n) is 5.64. The first-order valence-corrected chi connectivity index (χ1v) is 8.30. The average Bonchev–Trinajstić information content (AvgIpc) is 2.89. The zero-order valence-corrected chi connectivity index (χ0v) is 14.0. The lowest BCUT2D eigenvalue weighted by Crippen LogP contribution is -2.32. The summed E-state index contributed by atoms with van der Waals surface area (Å²) in [7, 11) is 0. The van der Waals surface area contributed by atoms with Crippen LogP contribution in [0.15, 0.2) is 22.7 Å². The van der Waals surface area contributed by atoms with Gasteiger partial charge in [-0.15, -0.1) is 0 Å². The Kier molecular flexibility index (Phi) is 5.87. The van der Waals surface area contributed by atoms with Crippen molar-refractivity contribution in [2.24, 2.45) is 5.73 Å². The van der Waals surface area contributed by atoms with Crippen LogP contribution < -0.4 is 10.6 Å². The van der Waals surface area contributed by atoms with Crippen LogP contribution in [0.3, 0.4) is 0 Å². The van der Waals surface area contributed by atoms with E-state index in [2.05, 4.69) is 46.0 Å². The van der Waals surface area contributed by atoms with E-state index in [-0.39, 0.29) is 6.04 Å². The molecule has 1 heterocycles. The van der Waals surface area contributed by atoms with Crippen molar-refractivity contribution in [1.29, 1.82) is 0 Å². The summed E-state index contributed by atoms with van der Waals surface area (Å²) in [6.07, 6.45) is 3.66. The summed E-state index contributed by atoms with van der Waals surface area (Å²) in [6.45, 7) is 7.11. The summed E-state index contributed by atoms with van der Waals surface area (Å²) >= 11 is 3.70. The van der Waals surface area contributed by atoms with E-state index in [4.69, 9.17) is 10.5 Å². The number of hydrogen-bond acceptors (Lipinski definition) is 3. The number of anilines is 1. The van der Waals surface area contributed by atoms with Crippen molar-refractivity contribution in [3.8, 4) is 0 Å². The Morgan fingerprint density at radius 3 is 2.85 bits per heavy atom. The molecule has 1 aliphatic rings. The van der Waals surface area contributed by atoms with Gasteiger partial charge < -0.3 is 15.4 Å². The number of likely N-dealkylation sites (N-methyl/N-ethyl adjacent to an activating group) is 1. The Bertz CT molecular complexity index is 430. The molecule has 0 amide bonds. The van der Waals surface area contributed by atoms with E-state index in [1.165, 1.54) is 24.1 Å². The maximum Gasteiger partial charge on any atom is 0.0750 e. The molecule has 4 heteroatoms. The third-order valence-corrected chi connectivity index (χ3v) is 4.38. The summed E-state index contributed by atoms with van der Waals surface area (Å²) in [6, 6.07) is 6.76. The molecule has 2 N–H and O–H groups in total. The van der Waals surface area contributed by atoms with Crippen LogP contribution in [0, 0.1) is 0 Å². The molecule has 0 aromatic heterocycles. The van der Waals surface area contributed by atoms with Crippen molar-refractivity contribution in [3.05, 3.63) is 28.2 Å². The first-order valence-electron chi connectivity index (χ1n) is 7.50.